The van der Waals surface area contributed by atoms with E-state index in [4.69, 9.17) is 4.74 Å². The van der Waals surface area contributed by atoms with Gasteiger partial charge in [-0.2, -0.15) is 0 Å². The van der Waals surface area contributed by atoms with Crippen molar-refractivity contribution in [3.05, 3.63) is 17.6 Å². The Labute approximate surface area is 105 Å². The van der Waals surface area contributed by atoms with Crippen LogP contribution < -0.4 is 5.32 Å². The number of aromatic nitrogens is 2. The van der Waals surface area contributed by atoms with Crippen LogP contribution in [-0.4, -0.2) is 35.3 Å². The number of hydrogen-bond acceptors (Lipinski definition) is 6. The average Bonchev–Trinajstić information content (AvgIpc) is 2.28. The number of nitrogens with zero attached hydrogens (tertiary/aromatic N) is 2. The molecule has 1 rings (SSSR count). The fourth-order valence-electron chi connectivity index (χ4n) is 1.25. The third-order valence-corrected chi connectivity index (χ3v) is 2.82. The molecular formula is C11H17N3O2S. The zero-order valence-corrected chi connectivity index (χ0v) is 11.1. The molecule has 0 amide bonds. The normalized spacial score (nSPS) is 10.1. The highest BCUT2D eigenvalue weighted by atomic mass is 32.2. The van der Waals surface area contributed by atoms with E-state index in [1.54, 1.807) is 6.92 Å². The Balaban J connectivity index is 2.46. The predicted octanol–water partition coefficient (Wildman–Crippen LogP) is 1.62. The second-order valence-electron chi connectivity index (χ2n) is 3.36. The van der Waals surface area contributed by atoms with Crippen molar-refractivity contribution in [3.8, 4) is 0 Å². The fourth-order valence-corrected chi connectivity index (χ4v) is 1.91. The van der Waals surface area contributed by atoms with Crippen LogP contribution in [0.2, 0.25) is 0 Å². The number of anilines is 1. The standard InChI is InChI=1S/C11H17N3O2S/c1-4-16-11(15)7-17-6-10-13-8(2)5-9(12-3)14-10/h5H,4,6-7H2,1-3H3,(H,12,13,14). The highest BCUT2D eigenvalue weighted by molar-refractivity contribution is 7.99. The van der Waals surface area contributed by atoms with Gasteiger partial charge in [0.05, 0.1) is 18.1 Å². The molecular weight excluding hydrogens is 238 g/mol. The Kier molecular flexibility index (Phi) is 5.76. The number of aryl methyl sites for hydroxylation is 1. The number of thioether (sulfide) groups is 1. The van der Waals surface area contributed by atoms with Crippen LogP contribution in [0.4, 0.5) is 5.82 Å². The lowest BCUT2D eigenvalue weighted by Gasteiger charge is -2.05. The Morgan fingerprint density at radius 2 is 2.29 bits per heavy atom. The summed E-state index contributed by atoms with van der Waals surface area (Å²) in [7, 11) is 1.82. The van der Waals surface area contributed by atoms with Gasteiger partial charge in [-0.1, -0.05) is 0 Å². The molecule has 0 unspecified atom stereocenters. The number of rotatable bonds is 6. The van der Waals surface area contributed by atoms with Crippen molar-refractivity contribution in [1.29, 1.82) is 0 Å². The van der Waals surface area contributed by atoms with E-state index >= 15 is 0 Å². The largest absolute Gasteiger partial charge is 0.465 e. The van der Waals surface area contributed by atoms with Crippen LogP contribution in [0.25, 0.3) is 0 Å². The summed E-state index contributed by atoms with van der Waals surface area (Å²) in [6.45, 7) is 4.14. The minimum absolute atomic E-state index is 0.195. The average molecular weight is 255 g/mol. The van der Waals surface area contributed by atoms with Gasteiger partial charge < -0.3 is 10.1 Å². The van der Waals surface area contributed by atoms with Gasteiger partial charge in [0.25, 0.3) is 0 Å². The van der Waals surface area contributed by atoms with Crippen LogP contribution >= 0.6 is 11.8 Å². The monoisotopic (exact) mass is 255 g/mol. The smallest absolute Gasteiger partial charge is 0.315 e. The van der Waals surface area contributed by atoms with Crippen molar-refractivity contribution in [2.75, 3.05) is 24.7 Å². The van der Waals surface area contributed by atoms with E-state index in [-0.39, 0.29) is 5.97 Å². The van der Waals surface area contributed by atoms with Gasteiger partial charge >= 0.3 is 5.97 Å². The molecule has 0 spiro atoms. The molecule has 6 heteroatoms. The van der Waals surface area contributed by atoms with Gasteiger partial charge in [0.2, 0.25) is 0 Å². The SMILES string of the molecule is CCOC(=O)CSCc1nc(C)cc(NC)n1. The van der Waals surface area contributed by atoms with Crippen LogP contribution in [0.1, 0.15) is 18.4 Å². The molecule has 94 valence electrons. The molecule has 0 aliphatic rings. The molecule has 1 heterocycles. The number of nitrogens with one attached hydrogen (secondary N) is 1. The maximum absolute atomic E-state index is 11.1. The fraction of sp³-hybridized carbons (Fsp3) is 0.545. The summed E-state index contributed by atoms with van der Waals surface area (Å²) >= 11 is 1.45. The van der Waals surface area contributed by atoms with E-state index in [0.717, 1.165) is 17.3 Å². The second-order valence-corrected chi connectivity index (χ2v) is 4.34. The van der Waals surface area contributed by atoms with Crippen LogP contribution in [0.5, 0.6) is 0 Å². The first kappa shape index (κ1) is 13.8. The van der Waals surface area contributed by atoms with Gasteiger partial charge in [-0.05, 0) is 13.8 Å². The molecule has 0 saturated heterocycles. The summed E-state index contributed by atoms with van der Waals surface area (Å²) in [5, 5.41) is 2.98. The summed E-state index contributed by atoms with van der Waals surface area (Å²) in [5.41, 5.74) is 0.913. The summed E-state index contributed by atoms with van der Waals surface area (Å²) in [4.78, 5) is 19.7. The molecule has 0 radical (unpaired) electrons. The van der Waals surface area contributed by atoms with Crippen molar-refractivity contribution in [2.24, 2.45) is 0 Å². The maximum atomic E-state index is 11.1. The van der Waals surface area contributed by atoms with Gasteiger partial charge in [-0.15, -0.1) is 11.8 Å². The van der Waals surface area contributed by atoms with Gasteiger partial charge in [0.15, 0.2) is 0 Å². The molecule has 0 atom stereocenters. The second kappa shape index (κ2) is 7.11. The van der Waals surface area contributed by atoms with Crippen molar-refractivity contribution >= 4 is 23.5 Å². The van der Waals surface area contributed by atoms with Crippen LogP contribution in [-0.2, 0) is 15.3 Å². The lowest BCUT2D eigenvalue weighted by atomic mass is 10.4. The predicted molar refractivity (Wildman–Crippen MR) is 69.1 cm³/mol. The molecule has 1 aromatic rings. The van der Waals surface area contributed by atoms with Crippen molar-refractivity contribution < 1.29 is 9.53 Å². The van der Waals surface area contributed by atoms with E-state index in [9.17, 15) is 4.79 Å². The Morgan fingerprint density at radius 3 is 2.94 bits per heavy atom. The van der Waals surface area contributed by atoms with Crippen LogP contribution in [0, 0.1) is 6.92 Å². The molecule has 17 heavy (non-hydrogen) atoms. The van der Waals surface area contributed by atoms with Gasteiger partial charge in [0.1, 0.15) is 11.6 Å². The maximum Gasteiger partial charge on any atom is 0.315 e. The van der Waals surface area contributed by atoms with E-state index in [0.29, 0.717) is 18.1 Å². The Morgan fingerprint density at radius 1 is 1.53 bits per heavy atom. The highest BCUT2D eigenvalue weighted by Crippen LogP contribution is 2.12. The van der Waals surface area contributed by atoms with E-state index in [1.165, 1.54) is 11.8 Å². The number of carbonyl (C=O) groups excluding carboxylic acids is 1. The lowest BCUT2D eigenvalue weighted by Crippen LogP contribution is -2.07. The summed E-state index contributed by atoms with van der Waals surface area (Å²) < 4.78 is 4.84. The van der Waals surface area contributed by atoms with E-state index < -0.39 is 0 Å². The third kappa shape index (κ3) is 5.04. The molecule has 0 aromatic carbocycles. The molecule has 0 bridgehead atoms. The lowest BCUT2D eigenvalue weighted by molar-refractivity contribution is -0.139. The highest BCUT2D eigenvalue weighted by Gasteiger charge is 2.05. The zero-order chi connectivity index (χ0) is 12.7. The topological polar surface area (TPSA) is 64.1 Å². The Bertz CT molecular complexity index is 385. The quantitative estimate of drug-likeness (QED) is 0.779. The van der Waals surface area contributed by atoms with Gasteiger partial charge in [-0.3, -0.25) is 4.79 Å². The van der Waals surface area contributed by atoms with Gasteiger partial charge in [-0.25, -0.2) is 9.97 Å². The first-order valence-corrected chi connectivity index (χ1v) is 6.56. The number of hydrogen-bond donors (Lipinski definition) is 1. The van der Waals surface area contributed by atoms with E-state index in [2.05, 4.69) is 15.3 Å². The van der Waals surface area contributed by atoms with Crippen molar-refractivity contribution in [1.82, 2.24) is 9.97 Å². The number of esters is 1. The minimum atomic E-state index is -0.195. The number of ether oxygens (including phenoxy) is 1. The molecule has 0 fully saturated rings. The summed E-state index contributed by atoms with van der Waals surface area (Å²) in [5.74, 6) is 2.27. The first-order valence-electron chi connectivity index (χ1n) is 5.41. The molecule has 0 aliphatic carbocycles. The Hall–Kier alpha value is -1.30. The zero-order valence-electron chi connectivity index (χ0n) is 10.3. The molecule has 1 N–H and O–H groups in total. The van der Waals surface area contributed by atoms with Crippen LogP contribution in [0.3, 0.4) is 0 Å². The van der Waals surface area contributed by atoms with E-state index in [1.807, 2.05) is 20.0 Å². The van der Waals surface area contributed by atoms with Crippen molar-refractivity contribution in [3.63, 3.8) is 0 Å². The third-order valence-electron chi connectivity index (χ3n) is 1.91. The van der Waals surface area contributed by atoms with Crippen molar-refractivity contribution in [2.45, 2.75) is 19.6 Å². The summed E-state index contributed by atoms with van der Waals surface area (Å²) in [6.07, 6.45) is 0. The summed E-state index contributed by atoms with van der Waals surface area (Å²) in [6, 6.07) is 1.87. The minimum Gasteiger partial charge on any atom is -0.465 e. The molecule has 0 aliphatic heterocycles. The molecule has 1 aromatic heterocycles. The van der Waals surface area contributed by atoms with Gasteiger partial charge in [0, 0.05) is 18.8 Å². The molecule has 0 saturated carbocycles. The van der Waals surface area contributed by atoms with Crippen LogP contribution in [0.15, 0.2) is 6.07 Å². The number of carbonyl (C=O) groups is 1. The molecule has 5 nitrogen and oxygen atoms in total. The first-order chi connectivity index (χ1) is 8.15.